The predicted molar refractivity (Wildman–Crippen MR) is 123 cm³/mol. The summed E-state index contributed by atoms with van der Waals surface area (Å²) in [5, 5.41) is 5.06. The molecule has 0 aromatic heterocycles. The highest BCUT2D eigenvalue weighted by Crippen LogP contribution is 2.53. The van der Waals surface area contributed by atoms with Crippen LogP contribution in [-0.4, -0.2) is 6.04 Å². The van der Waals surface area contributed by atoms with Gasteiger partial charge < -0.3 is 10.1 Å². The Morgan fingerprint density at radius 2 is 1.62 bits per heavy atom. The van der Waals surface area contributed by atoms with Crippen molar-refractivity contribution in [2.45, 2.75) is 51.3 Å². The van der Waals surface area contributed by atoms with E-state index in [2.05, 4.69) is 33.4 Å². The van der Waals surface area contributed by atoms with Gasteiger partial charge in [0, 0.05) is 22.6 Å². The first-order valence-corrected chi connectivity index (χ1v) is 12.2. The number of rotatable bonds is 6. The number of ether oxygens (including phenoxy) is 1. The highest BCUT2D eigenvalue weighted by molar-refractivity contribution is 9.10. The molecule has 29 heavy (non-hydrogen) atoms. The van der Waals surface area contributed by atoms with E-state index in [0.29, 0.717) is 22.7 Å². The van der Waals surface area contributed by atoms with Gasteiger partial charge in [0.05, 0.1) is 10.0 Å². The van der Waals surface area contributed by atoms with Gasteiger partial charge in [0.1, 0.15) is 12.4 Å². The molecule has 2 aromatic carbocycles. The lowest BCUT2D eigenvalue weighted by atomic mass is 9.54. The third-order valence-electron chi connectivity index (χ3n) is 7.16. The predicted octanol–water partition coefficient (Wildman–Crippen LogP) is 7.25. The van der Waals surface area contributed by atoms with Gasteiger partial charge in [-0.2, -0.15) is 0 Å². The lowest BCUT2D eigenvalue weighted by Gasteiger charge is -2.54. The van der Waals surface area contributed by atoms with E-state index < -0.39 is 0 Å². The average molecular weight is 495 g/mol. The summed E-state index contributed by atoms with van der Waals surface area (Å²) in [5.74, 6) is 4.69. The Kier molecular flexibility index (Phi) is 5.86. The summed E-state index contributed by atoms with van der Waals surface area (Å²) >= 11 is 15.8. The fraction of sp³-hybridized carbons (Fsp3) is 0.500. The molecule has 0 atom stereocenters. The Balaban J connectivity index is 1.26. The number of nitrogens with one attached hydrogen (secondary N) is 1. The van der Waals surface area contributed by atoms with Crippen molar-refractivity contribution >= 4 is 39.1 Å². The quantitative estimate of drug-likeness (QED) is 0.456. The van der Waals surface area contributed by atoms with Crippen LogP contribution in [0.2, 0.25) is 10.0 Å². The molecule has 0 unspecified atom stereocenters. The minimum Gasteiger partial charge on any atom is -0.489 e. The Hall–Kier alpha value is -0.740. The molecule has 0 amide bonds. The van der Waals surface area contributed by atoms with Gasteiger partial charge in [0.15, 0.2) is 0 Å². The fourth-order valence-corrected chi connectivity index (χ4v) is 6.83. The van der Waals surface area contributed by atoms with Crippen molar-refractivity contribution < 1.29 is 4.74 Å². The van der Waals surface area contributed by atoms with Crippen LogP contribution in [0.4, 0.5) is 0 Å². The summed E-state index contributed by atoms with van der Waals surface area (Å²) in [6, 6.07) is 12.6. The first-order chi connectivity index (χ1) is 14.0. The molecule has 4 aliphatic carbocycles. The molecule has 4 saturated carbocycles. The Labute approximate surface area is 191 Å². The smallest absolute Gasteiger partial charge is 0.124 e. The minimum absolute atomic E-state index is 0.476. The van der Waals surface area contributed by atoms with Crippen molar-refractivity contribution in [3.05, 3.63) is 62.0 Å². The molecule has 4 fully saturated rings. The summed E-state index contributed by atoms with van der Waals surface area (Å²) in [6.07, 6.45) is 7.24. The van der Waals surface area contributed by atoms with Crippen LogP contribution in [0.5, 0.6) is 5.75 Å². The second-order valence-corrected chi connectivity index (χ2v) is 10.9. The molecular formula is C24H26BrCl2NO. The van der Waals surface area contributed by atoms with Gasteiger partial charge in [-0.05, 0) is 91.7 Å². The molecule has 0 aliphatic heterocycles. The van der Waals surface area contributed by atoms with Crippen LogP contribution >= 0.6 is 39.1 Å². The third-order valence-corrected chi connectivity index (χ3v) is 8.39. The number of benzene rings is 2. The van der Waals surface area contributed by atoms with Crippen LogP contribution in [0, 0.1) is 23.7 Å². The topological polar surface area (TPSA) is 21.3 Å². The van der Waals surface area contributed by atoms with Crippen LogP contribution in [-0.2, 0) is 13.2 Å². The fourth-order valence-electron chi connectivity index (χ4n) is 6.10. The molecule has 0 heterocycles. The van der Waals surface area contributed by atoms with Crippen LogP contribution < -0.4 is 10.1 Å². The first kappa shape index (κ1) is 20.2. The van der Waals surface area contributed by atoms with E-state index in [9.17, 15) is 0 Å². The summed E-state index contributed by atoms with van der Waals surface area (Å²) in [6.45, 7) is 1.33. The van der Waals surface area contributed by atoms with Gasteiger partial charge in [0.2, 0.25) is 0 Å². The highest BCUT2D eigenvalue weighted by atomic mass is 79.9. The molecule has 2 nitrogen and oxygen atoms in total. The lowest BCUT2D eigenvalue weighted by molar-refractivity contribution is -0.0143. The Morgan fingerprint density at radius 3 is 2.31 bits per heavy atom. The van der Waals surface area contributed by atoms with Gasteiger partial charge >= 0.3 is 0 Å². The van der Waals surface area contributed by atoms with Crippen LogP contribution in [0.25, 0.3) is 0 Å². The number of hydrogen-bond donors (Lipinski definition) is 1. The molecule has 6 rings (SSSR count). The van der Waals surface area contributed by atoms with Crippen molar-refractivity contribution in [3.8, 4) is 5.75 Å². The van der Waals surface area contributed by atoms with Crippen molar-refractivity contribution in [2.24, 2.45) is 23.7 Å². The van der Waals surface area contributed by atoms with E-state index in [-0.39, 0.29) is 0 Å². The molecule has 154 valence electrons. The van der Waals surface area contributed by atoms with Crippen LogP contribution in [0.15, 0.2) is 40.9 Å². The monoisotopic (exact) mass is 493 g/mol. The number of hydrogen-bond acceptors (Lipinski definition) is 2. The Morgan fingerprint density at radius 1 is 0.897 bits per heavy atom. The number of halogens is 3. The first-order valence-electron chi connectivity index (χ1n) is 10.6. The maximum absolute atomic E-state index is 6.17. The lowest BCUT2D eigenvalue weighted by Crippen LogP contribution is -2.54. The van der Waals surface area contributed by atoms with Gasteiger partial charge in [-0.1, -0.05) is 45.2 Å². The maximum Gasteiger partial charge on any atom is 0.124 e. The van der Waals surface area contributed by atoms with Gasteiger partial charge in [-0.15, -0.1) is 0 Å². The highest BCUT2D eigenvalue weighted by Gasteiger charge is 2.47. The zero-order valence-electron chi connectivity index (χ0n) is 16.3. The third kappa shape index (κ3) is 4.35. The zero-order chi connectivity index (χ0) is 20.0. The SMILES string of the molecule is Clc1ccc(COc2ccc(Br)cc2CNC2C3CC4CC(C3)CC2C4)cc1Cl. The molecule has 0 spiro atoms. The summed E-state index contributed by atoms with van der Waals surface area (Å²) in [4.78, 5) is 0. The van der Waals surface area contributed by atoms with Crippen molar-refractivity contribution in [2.75, 3.05) is 0 Å². The summed E-state index contributed by atoms with van der Waals surface area (Å²) in [7, 11) is 0. The second kappa shape index (κ2) is 8.42. The average Bonchev–Trinajstić information content (AvgIpc) is 2.69. The maximum atomic E-state index is 6.17. The van der Waals surface area contributed by atoms with Crippen LogP contribution in [0.3, 0.4) is 0 Å². The molecule has 0 radical (unpaired) electrons. The van der Waals surface area contributed by atoms with E-state index in [4.69, 9.17) is 27.9 Å². The summed E-state index contributed by atoms with van der Waals surface area (Å²) < 4.78 is 7.25. The molecule has 4 aliphatic rings. The molecular weight excluding hydrogens is 469 g/mol. The Bertz CT molecular complexity index is 874. The van der Waals surface area contributed by atoms with Gasteiger partial charge in [-0.3, -0.25) is 0 Å². The van der Waals surface area contributed by atoms with Crippen LogP contribution in [0.1, 0.15) is 43.2 Å². The molecule has 4 bridgehead atoms. The second-order valence-electron chi connectivity index (χ2n) is 9.13. The molecule has 0 saturated heterocycles. The van der Waals surface area contributed by atoms with E-state index in [1.807, 2.05) is 24.3 Å². The summed E-state index contributed by atoms with van der Waals surface area (Å²) in [5.41, 5.74) is 2.22. The van der Waals surface area contributed by atoms with Crippen molar-refractivity contribution in [1.29, 1.82) is 0 Å². The van der Waals surface area contributed by atoms with E-state index in [1.165, 1.54) is 37.7 Å². The standard InChI is InChI=1S/C24H26BrCl2NO/c25-20-2-4-23(29-13-14-1-3-21(26)22(27)10-14)19(11-20)12-28-24-17-6-15-5-16(8-17)9-18(24)7-15/h1-4,10-11,15-18,24,28H,5-9,12-13H2. The van der Waals surface area contributed by atoms with Crippen molar-refractivity contribution in [3.63, 3.8) is 0 Å². The molecule has 1 N–H and O–H groups in total. The van der Waals surface area contributed by atoms with E-state index in [0.717, 1.165) is 46.0 Å². The molecule has 2 aromatic rings. The normalized spacial score (nSPS) is 30.0. The van der Waals surface area contributed by atoms with Gasteiger partial charge in [-0.25, -0.2) is 0 Å². The minimum atomic E-state index is 0.476. The molecule has 5 heteroatoms. The largest absolute Gasteiger partial charge is 0.489 e. The van der Waals surface area contributed by atoms with E-state index >= 15 is 0 Å². The van der Waals surface area contributed by atoms with E-state index in [1.54, 1.807) is 0 Å². The van der Waals surface area contributed by atoms with Crippen molar-refractivity contribution in [1.82, 2.24) is 5.32 Å². The zero-order valence-corrected chi connectivity index (χ0v) is 19.4. The van der Waals surface area contributed by atoms with Gasteiger partial charge in [0.25, 0.3) is 0 Å².